The molecule has 0 amide bonds. The zero-order chi connectivity index (χ0) is 15.6. The van der Waals surface area contributed by atoms with E-state index in [9.17, 15) is 0 Å². The highest BCUT2D eigenvalue weighted by Crippen LogP contribution is 2.43. The van der Waals surface area contributed by atoms with Crippen LogP contribution in [0.15, 0.2) is 10.7 Å². The average Bonchev–Trinajstić information content (AvgIpc) is 2.77. The fourth-order valence-electron chi connectivity index (χ4n) is 3.85. The number of halogens is 1. The van der Waals surface area contributed by atoms with Gasteiger partial charge in [0.15, 0.2) is 0 Å². The van der Waals surface area contributed by atoms with Gasteiger partial charge in [0.1, 0.15) is 0 Å². The van der Waals surface area contributed by atoms with Crippen LogP contribution in [0.25, 0.3) is 0 Å². The summed E-state index contributed by atoms with van der Waals surface area (Å²) in [6.07, 6.45) is 5.48. The second-order valence-corrected chi connectivity index (χ2v) is 7.82. The molecule has 1 saturated carbocycles. The molecule has 1 aliphatic rings. The number of methoxy groups -OCH3 is 1. The van der Waals surface area contributed by atoms with Crippen LogP contribution in [0.4, 0.5) is 0 Å². The van der Waals surface area contributed by atoms with Crippen LogP contribution < -0.4 is 5.73 Å². The monoisotopic (exact) mass is 357 g/mol. The summed E-state index contributed by atoms with van der Waals surface area (Å²) in [6.45, 7) is 8.36. The molecule has 1 fully saturated rings. The molecule has 5 heteroatoms. The van der Waals surface area contributed by atoms with Crippen molar-refractivity contribution in [2.75, 3.05) is 13.7 Å². The Kier molecular flexibility index (Phi) is 5.49. The first-order chi connectivity index (χ1) is 9.87. The van der Waals surface area contributed by atoms with Crippen LogP contribution >= 0.6 is 15.9 Å². The lowest BCUT2D eigenvalue weighted by Crippen LogP contribution is -2.46. The zero-order valence-electron chi connectivity index (χ0n) is 13.6. The normalized spacial score (nSPS) is 27.0. The van der Waals surface area contributed by atoms with E-state index in [1.54, 1.807) is 7.11 Å². The van der Waals surface area contributed by atoms with E-state index in [0.717, 1.165) is 23.4 Å². The summed E-state index contributed by atoms with van der Waals surface area (Å²) in [6, 6.07) is 0.265. The van der Waals surface area contributed by atoms with Crippen LogP contribution in [0.1, 0.15) is 45.7 Å². The van der Waals surface area contributed by atoms with E-state index in [2.05, 4.69) is 46.5 Å². The summed E-state index contributed by atoms with van der Waals surface area (Å²) in [5.74, 6) is 1.23. The number of hydrogen-bond acceptors (Lipinski definition) is 3. The van der Waals surface area contributed by atoms with Gasteiger partial charge in [-0.05, 0) is 40.6 Å². The molecule has 2 N–H and O–H groups in total. The Morgan fingerprint density at radius 3 is 2.81 bits per heavy atom. The smallest absolute Gasteiger partial charge is 0.0659 e. The molecule has 0 saturated heterocycles. The van der Waals surface area contributed by atoms with Crippen LogP contribution in [-0.4, -0.2) is 29.5 Å². The van der Waals surface area contributed by atoms with E-state index in [-0.39, 0.29) is 11.5 Å². The molecule has 0 spiro atoms. The van der Waals surface area contributed by atoms with E-state index in [1.807, 2.05) is 6.20 Å². The molecule has 1 aliphatic carbocycles. The lowest BCUT2D eigenvalue weighted by molar-refractivity contribution is 0.154. The molecular formula is C16H28BrN3O. The van der Waals surface area contributed by atoms with Gasteiger partial charge in [0.25, 0.3) is 0 Å². The van der Waals surface area contributed by atoms with Gasteiger partial charge >= 0.3 is 0 Å². The van der Waals surface area contributed by atoms with Crippen LogP contribution in [0.3, 0.4) is 0 Å². The van der Waals surface area contributed by atoms with Gasteiger partial charge in [0.2, 0.25) is 0 Å². The van der Waals surface area contributed by atoms with Gasteiger partial charge in [-0.1, -0.05) is 27.2 Å². The molecule has 0 aliphatic heterocycles. The Morgan fingerprint density at radius 2 is 2.19 bits per heavy atom. The molecule has 1 aromatic heterocycles. The van der Waals surface area contributed by atoms with Crippen molar-refractivity contribution in [2.24, 2.45) is 17.6 Å². The van der Waals surface area contributed by atoms with Crippen molar-refractivity contribution in [3.63, 3.8) is 0 Å². The first-order valence-corrected chi connectivity index (χ1v) is 8.63. The lowest BCUT2D eigenvalue weighted by atomic mass is 9.65. The Morgan fingerprint density at radius 1 is 1.48 bits per heavy atom. The van der Waals surface area contributed by atoms with Crippen LogP contribution in [0.5, 0.6) is 0 Å². The third-order valence-electron chi connectivity index (χ3n) is 5.00. The quantitative estimate of drug-likeness (QED) is 0.878. The molecule has 21 heavy (non-hydrogen) atoms. The summed E-state index contributed by atoms with van der Waals surface area (Å²) < 4.78 is 8.35. The third-order valence-corrected chi connectivity index (χ3v) is 5.58. The van der Waals surface area contributed by atoms with Crippen molar-refractivity contribution in [3.05, 3.63) is 16.4 Å². The second kappa shape index (κ2) is 6.80. The molecule has 120 valence electrons. The summed E-state index contributed by atoms with van der Waals surface area (Å²) in [5, 5.41) is 4.50. The Balaban J connectivity index is 2.28. The Labute approximate surface area is 136 Å². The van der Waals surface area contributed by atoms with Gasteiger partial charge in [-0.15, -0.1) is 0 Å². The summed E-state index contributed by atoms with van der Waals surface area (Å²) >= 11 is 3.68. The van der Waals surface area contributed by atoms with Crippen LogP contribution in [-0.2, 0) is 16.7 Å². The fourth-order valence-corrected chi connectivity index (χ4v) is 4.65. The van der Waals surface area contributed by atoms with Gasteiger partial charge in [-0.3, -0.25) is 4.68 Å². The molecule has 0 aromatic carbocycles. The number of aromatic nitrogens is 2. The Bertz CT molecular complexity index is 472. The second-order valence-electron chi connectivity index (χ2n) is 6.97. The minimum Gasteiger partial charge on any atom is -0.383 e. The minimum absolute atomic E-state index is 0.00261. The minimum atomic E-state index is 0.00261. The SMILES string of the molecule is COCCn1ncc(Br)c1C(C)(C)C1CCC(C)CC1N. The maximum absolute atomic E-state index is 6.49. The summed E-state index contributed by atoms with van der Waals surface area (Å²) in [5.41, 5.74) is 7.74. The van der Waals surface area contributed by atoms with Gasteiger partial charge in [-0.25, -0.2) is 0 Å². The predicted octanol–water partition coefficient (Wildman–Crippen LogP) is 3.33. The van der Waals surface area contributed by atoms with E-state index in [1.165, 1.54) is 18.5 Å². The van der Waals surface area contributed by atoms with Crippen molar-refractivity contribution in [1.29, 1.82) is 0 Å². The van der Waals surface area contributed by atoms with Crippen molar-refractivity contribution in [1.82, 2.24) is 9.78 Å². The fraction of sp³-hybridized carbons (Fsp3) is 0.812. The van der Waals surface area contributed by atoms with E-state index < -0.39 is 0 Å². The molecule has 2 rings (SSSR count). The van der Waals surface area contributed by atoms with Gasteiger partial charge < -0.3 is 10.5 Å². The molecule has 4 nitrogen and oxygen atoms in total. The van der Waals surface area contributed by atoms with Gasteiger partial charge in [0.05, 0.1) is 29.5 Å². The summed E-state index contributed by atoms with van der Waals surface area (Å²) in [4.78, 5) is 0. The highest BCUT2D eigenvalue weighted by atomic mass is 79.9. The number of nitrogens with two attached hydrogens (primary N) is 1. The lowest BCUT2D eigenvalue weighted by Gasteiger charge is -2.43. The van der Waals surface area contributed by atoms with Crippen LogP contribution in [0.2, 0.25) is 0 Å². The predicted molar refractivity (Wildman–Crippen MR) is 89.3 cm³/mol. The first kappa shape index (κ1) is 17.0. The van der Waals surface area contributed by atoms with E-state index in [4.69, 9.17) is 10.5 Å². The number of nitrogens with zero attached hydrogens (tertiary/aromatic N) is 2. The maximum Gasteiger partial charge on any atom is 0.0659 e. The Hall–Kier alpha value is -0.390. The number of rotatable bonds is 5. The average molecular weight is 358 g/mol. The number of hydrogen-bond donors (Lipinski definition) is 1. The largest absolute Gasteiger partial charge is 0.383 e. The highest BCUT2D eigenvalue weighted by Gasteiger charge is 2.41. The van der Waals surface area contributed by atoms with Gasteiger partial charge in [-0.2, -0.15) is 5.10 Å². The van der Waals surface area contributed by atoms with E-state index in [0.29, 0.717) is 12.5 Å². The highest BCUT2D eigenvalue weighted by molar-refractivity contribution is 9.10. The van der Waals surface area contributed by atoms with Crippen LogP contribution in [0, 0.1) is 11.8 Å². The summed E-state index contributed by atoms with van der Waals surface area (Å²) in [7, 11) is 1.72. The van der Waals surface area contributed by atoms with Crippen molar-refractivity contribution in [3.8, 4) is 0 Å². The zero-order valence-corrected chi connectivity index (χ0v) is 15.2. The van der Waals surface area contributed by atoms with Crippen molar-refractivity contribution < 1.29 is 4.74 Å². The molecule has 1 aromatic rings. The van der Waals surface area contributed by atoms with Crippen molar-refractivity contribution in [2.45, 2.75) is 58.0 Å². The maximum atomic E-state index is 6.49. The standard InChI is InChI=1S/C16H28BrN3O/c1-11-5-6-12(14(18)9-11)16(2,3)15-13(17)10-19-20(15)7-8-21-4/h10-12,14H,5-9,18H2,1-4H3. The van der Waals surface area contributed by atoms with Crippen molar-refractivity contribution >= 4 is 15.9 Å². The molecule has 0 bridgehead atoms. The third kappa shape index (κ3) is 3.51. The molecule has 3 unspecified atom stereocenters. The van der Waals surface area contributed by atoms with Gasteiger partial charge in [0, 0.05) is 18.6 Å². The van der Waals surface area contributed by atoms with E-state index >= 15 is 0 Å². The molecule has 1 heterocycles. The number of ether oxygens (including phenoxy) is 1. The molecule has 3 atom stereocenters. The molecular weight excluding hydrogens is 330 g/mol. The molecule has 0 radical (unpaired) electrons. The topological polar surface area (TPSA) is 53.1 Å². The first-order valence-electron chi connectivity index (χ1n) is 7.84.